The number of phenols is 1. The van der Waals surface area contributed by atoms with Crippen molar-refractivity contribution in [3.63, 3.8) is 0 Å². The van der Waals surface area contributed by atoms with Gasteiger partial charge in [0.1, 0.15) is 0 Å². The Morgan fingerprint density at radius 3 is 2.88 bits per heavy atom. The second-order valence-electron chi connectivity index (χ2n) is 9.51. The van der Waals surface area contributed by atoms with Crippen molar-refractivity contribution in [2.75, 3.05) is 13.1 Å². The van der Waals surface area contributed by atoms with E-state index in [1.165, 1.54) is 0 Å². The van der Waals surface area contributed by atoms with Crippen LogP contribution in [0, 0.1) is 0 Å². The first-order valence-electron chi connectivity index (χ1n) is 11.5. The van der Waals surface area contributed by atoms with Crippen LogP contribution in [0.25, 0.3) is 0 Å². The molecule has 4 unspecified atom stereocenters. The molecule has 2 bridgehead atoms. The molecule has 6 rings (SSSR count). The summed E-state index contributed by atoms with van der Waals surface area (Å²) in [5.41, 5.74) is 4.21. The smallest absolute Gasteiger partial charge is 0.271 e. The van der Waals surface area contributed by atoms with Gasteiger partial charge in [0.25, 0.3) is 5.91 Å². The van der Waals surface area contributed by atoms with Crippen molar-refractivity contribution in [3.05, 3.63) is 71.8 Å². The Hall–Kier alpha value is -3.16. The highest BCUT2D eigenvalue weighted by Gasteiger charge is 2.72. The molecule has 3 N–H and O–H groups in total. The van der Waals surface area contributed by atoms with Crippen LogP contribution in [0.1, 0.15) is 40.7 Å². The minimum Gasteiger partial charge on any atom is -0.504 e. The number of amides is 1. The van der Waals surface area contributed by atoms with E-state index in [1.807, 2.05) is 30.3 Å². The summed E-state index contributed by atoms with van der Waals surface area (Å²) in [5.74, 6) is 0.248. The molecule has 2 heterocycles. The summed E-state index contributed by atoms with van der Waals surface area (Å²) in [6.45, 7) is 5.40. The van der Waals surface area contributed by atoms with Gasteiger partial charge in [-0.05, 0) is 49.4 Å². The van der Waals surface area contributed by atoms with Crippen LogP contribution in [0.3, 0.4) is 0 Å². The van der Waals surface area contributed by atoms with E-state index in [0.29, 0.717) is 49.3 Å². The molecule has 0 radical (unpaired) electrons. The summed E-state index contributed by atoms with van der Waals surface area (Å²) in [5, 5.41) is 27.4. The molecule has 7 nitrogen and oxygen atoms in total. The molecule has 2 aliphatic carbocycles. The van der Waals surface area contributed by atoms with Gasteiger partial charge in [0.15, 0.2) is 17.6 Å². The average molecular weight is 446 g/mol. The van der Waals surface area contributed by atoms with Crippen molar-refractivity contribution in [2.45, 2.75) is 48.8 Å². The summed E-state index contributed by atoms with van der Waals surface area (Å²) in [6, 6.07) is 12.5. The van der Waals surface area contributed by atoms with E-state index < -0.39 is 17.1 Å². The molecule has 0 aromatic heterocycles. The molecule has 1 saturated heterocycles. The lowest BCUT2D eigenvalue weighted by molar-refractivity contribution is -0.163. The first kappa shape index (κ1) is 20.4. The summed E-state index contributed by atoms with van der Waals surface area (Å²) in [4.78, 5) is 14.9. The topological polar surface area (TPSA) is 94.4 Å². The van der Waals surface area contributed by atoms with Crippen LogP contribution < -0.4 is 10.2 Å². The zero-order chi connectivity index (χ0) is 22.8. The minimum absolute atomic E-state index is 0.0706. The van der Waals surface area contributed by atoms with Crippen molar-refractivity contribution in [1.29, 1.82) is 0 Å². The van der Waals surface area contributed by atoms with Gasteiger partial charge in [0, 0.05) is 30.3 Å². The number of hydrazone groups is 1. The molecule has 33 heavy (non-hydrogen) atoms. The average Bonchev–Trinajstić information content (AvgIpc) is 3.18. The fraction of sp³-hybridized carbons (Fsp3) is 0.385. The van der Waals surface area contributed by atoms with E-state index in [2.05, 4.69) is 22.0 Å². The second-order valence-corrected chi connectivity index (χ2v) is 9.51. The molecule has 170 valence electrons. The fourth-order valence-electron chi connectivity index (χ4n) is 6.71. The summed E-state index contributed by atoms with van der Waals surface area (Å²) in [7, 11) is 0. The zero-order valence-electron chi connectivity index (χ0n) is 18.3. The number of nitrogens with one attached hydrogen (secondary N) is 1. The van der Waals surface area contributed by atoms with Crippen LogP contribution in [-0.4, -0.2) is 57.6 Å². The third-order valence-corrected chi connectivity index (χ3v) is 8.09. The van der Waals surface area contributed by atoms with E-state index in [-0.39, 0.29) is 17.7 Å². The van der Waals surface area contributed by atoms with E-state index in [9.17, 15) is 15.0 Å². The predicted octanol–water partition coefficient (Wildman–Crippen LogP) is 2.52. The van der Waals surface area contributed by atoms with Gasteiger partial charge < -0.3 is 14.9 Å². The standard InChI is InChI=1S/C26H27N3O4/c1-2-13-29-14-12-25-21-17-8-9-19(30)22(21)33-23(25)18(10-11-26(25,32)20(29)15-17)27-28-24(31)16-6-4-3-5-7-16/h2-9,20,23,30,32H,1,10-15H2,(H,28,31)/b27-18-. The van der Waals surface area contributed by atoms with Gasteiger partial charge in [-0.1, -0.05) is 30.3 Å². The lowest BCUT2D eigenvalue weighted by Crippen LogP contribution is -2.76. The number of aromatic hydroxyl groups is 1. The number of hydrogen-bond acceptors (Lipinski definition) is 6. The third kappa shape index (κ3) is 2.63. The largest absolute Gasteiger partial charge is 0.504 e. The van der Waals surface area contributed by atoms with Gasteiger partial charge in [0.05, 0.1) is 16.7 Å². The molecule has 1 amide bonds. The first-order valence-corrected chi connectivity index (χ1v) is 11.5. The Balaban J connectivity index is 1.43. The van der Waals surface area contributed by atoms with Crippen molar-refractivity contribution in [1.82, 2.24) is 10.3 Å². The van der Waals surface area contributed by atoms with E-state index in [0.717, 1.165) is 17.7 Å². The number of hydrogen-bond donors (Lipinski definition) is 3. The maximum atomic E-state index is 12.6. The molecular weight excluding hydrogens is 418 g/mol. The number of rotatable bonds is 4. The van der Waals surface area contributed by atoms with E-state index in [4.69, 9.17) is 4.74 Å². The summed E-state index contributed by atoms with van der Waals surface area (Å²) >= 11 is 0. The van der Waals surface area contributed by atoms with Gasteiger partial charge >= 0.3 is 0 Å². The normalized spacial score (nSPS) is 32.7. The quantitative estimate of drug-likeness (QED) is 0.497. The first-order chi connectivity index (χ1) is 16.0. The molecule has 1 saturated carbocycles. The van der Waals surface area contributed by atoms with Crippen molar-refractivity contribution in [3.8, 4) is 11.5 Å². The molecule has 2 aliphatic heterocycles. The van der Waals surface area contributed by atoms with Gasteiger partial charge in [-0.15, -0.1) is 6.58 Å². The van der Waals surface area contributed by atoms with Crippen molar-refractivity contribution >= 4 is 11.6 Å². The number of ether oxygens (including phenoxy) is 1. The number of aliphatic hydroxyl groups is 1. The Morgan fingerprint density at radius 2 is 2.09 bits per heavy atom. The highest BCUT2D eigenvalue weighted by Crippen LogP contribution is 2.64. The molecule has 2 aromatic rings. The number of likely N-dealkylation sites (tertiary alicyclic amines) is 1. The lowest BCUT2D eigenvalue weighted by atomic mass is 9.49. The monoisotopic (exact) mass is 445 g/mol. The highest BCUT2D eigenvalue weighted by atomic mass is 16.5. The fourth-order valence-corrected chi connectivity index (χ4v) is 6.71. The van der Waals surface area contributed by atoms with Crippen LogP contribution in [0.15, 0.2) is 60.2 Å². The Kier molecular flexibility index (Phi) is 4.44. The van der Waals surface area contributed by atoms with Gasteiger partial charge in [-0.3, -0.25) is 9.69 Å². The number of nitrogens with zero attached hydrogens (tertiary/aromatic N) is 2. The zero-order valence-corrected chi connectivity index (χ0v) is 18.3. The summed E-state index contributed by atoms with van der Waals surface area (Å²) in [6.07, 6.45) is 3.73. The molecule has 2 aromatic carbocycles. The van der Waals surface area contributed by atoms with Crippen LogP contribution in [-0.2, 0) is 11.8 Å². The third-order valence-electron chi connectivity index (χ3n) is 8.09. The second kappa shape index (κ2) is 7.17. The number of piperidine rings is 1. The Labute approximate surface area is 192 Å². The highest BCUT2D eigenvalue weighted by molar-refractivity contribution is 5.98. The van der Waals surface area contributed by atoms with Crippen LogP contribution in [0.4, 0.5) is 0 Å². The molecular formula is C26H27N3O4. The van der Waals surface area contributed by atoms with Crippen LogP contribution in [0.5, 0.6) is 11.5 Å². The van der Waals surface area contributed by atoms with Gasteiger partial charge in [-0.25, -0.2) is 5.43 Å². The number of benzene rings is 2. The maximum absolute atomic E-state index is 12.6. The number of carbonyl (C=O) groups is 1. The van der Waals surface area contributed by atoms with Crippen LogP contribution >= 0.6 is 0 Å². The minimum atomic E-state index is -1.02. The SMILES string of the molecule is C=CCN1CCC23c4c5ccc(O)c4OC2/C(=N\NC(=O)c2ccccc2)CCC3(O)C1C5. The lowest BCUT2D eigenvalue weighted by Gasteiger charge is -2.62. The maximum Gasteiger partial charge on any atom is 0.271 e. The Morgan fingerprint density at radius 1 is 1.27 bits per heavy atom. The Bertz CT molecular complexity index is 1180. The predicted molar refractivity (Wildman–Crippen MR) is 124 cm³/mol. The van der Waals surface area contributed by atoms with Crippen molar-refractivity contribution in [2.24, 2.45) is 5.10 Å². The van der Waals surface area contributed by atoms with Gasteiger partial charge in [-0.2, -0.15) is 5.10 Å². The van der Waals surface area contributed by atoms with E-state index in [1.54, 1.807) is 18.2 Å². The van der Waals surface area contributed by atoms with Crippen LogP contribution in [0.2, 0.25) is 0 Å². The molecule has 1 spiro atoms. The molecule has 4 atom stereocenters. The molecule has 4 aliphatic rings. The number of phenolic OH excluding ortho intramolecular Hbond substituents is 1. The molecule has 2 fully saturated rings. The molecule has 7 heteroatoms. The van der Waals surface area contributed by atoms with Gasteiger partial charge in [0.2, 0.25) is 0 Å². The summed E-state index contributed by atoms with van der Waals surface area (Å²) < 4.78 is 6.39. The van der Waals surface area contributed by atoms with Crippen molar-refractivity contribution < 1.29 is 19.7 Å². The van der Waals surface area contributed by atoms with E-state index >= 15 is 0 Å². The number of carbonyl (C=O) groups excluding carboxylic acids is 1.